The standard InChI is InChI=1S/C62H40N2O/c1-3-13-41(14-4-1)42-23-25-43(26-24-42)44-27-32-48(33-28-44)63(50-36-38-53-52-18-9-12-22-59(52)65-60(53)40-50)49-34-29-45(30-35-49)47-31-37-54-56(39-47)51-17-7-10-20-57(51)64-58-21-11-8-19-55(58)61(62(54)64)46-15-5-2-6-16-46/h1-40H. The van der Waals surface area contributed by atoms with Crippen LogP contribution < -0.4 is 4.90 Å². The molecule has 3 heterocycles. The van der Waals surface area contributed by atoms with E-state index in [1.807, 2.05) is 12.1 Å². The zero-order chi connectivity index (χ0) is 42.8. The Kier molecular flexibility index (Phi) is 8.53. The van der Waals surface area contributed by atoms with Crippen LogP contribution in [0.25, 0.3) is 105 Å². The predicted octanol–water partition coefficient (Wildman–Crippen LogP) is 17.4. The van der Waals surface area contributed by atoms with Crippen molar-refractivity contribution in [3.05, 3.63) is 243 Å². The Balaban J connectivity index is 0.918. The fourth-order valence-electron chi connectivity index (χ4n) is 10.1. The Labute approximate surface area is 376 Å². The van der Waals surface area contributed by atoms with E-state index in [9.17, 15) is 0 Å². The number of aromatic nitrogens is 1. The van der Waals surface area contributed by atoms with Gasteiger partial charge in [-0.3, -0.25) is 0 Å². The van der Waals surface area contributed by atoms with Crippen LogP contribution in [0.4, 0.5) is 17.1 Å². The number of furan rings is 1. The van der Waals surface area contributed by atoms with Crippen LogP contribution in [0.3, 0.4) is 0 Å². The Morgan fingerprint density at radius 2 is 0.723 bits per heavy atom. The first-order chi connectivity index (χ1) is 32.2. The molecule has 0 radical (unpaired) electrons. The highest BCUT2D eigenvalue weighted by molar-refractivity contribution is 6.22. The summed E-state index contributed by atoms with van der Waals surface area (Å²) in [6, 6.07) is 87.6. The van der Waals surface area contributed by atoms with Gasteiger partial charge in [-0.2, -0.15) is 0 Å². The first kappa shape index (κ1) is 36.9. The Morgan fingerprint density at radius 3 is 1.38 bits per heavy atom. The van der Waals surface area contributed by atoms with Gasteiger partial charge >= 0.3 is 0 Å². The zero-order valence-electron chi connectivity index (χ0n) is 35.4. The largest absolute Gasteiger partial charge is 0.456 e. The first-order valence-corrected chi connectivity index (χ1v) is 22.2. The molecule has 3 aromatic heterocycles. The lowest BCUT2D eigenvalue weighted by Gasteiger charge is -2.26. The van der Waals surface area contributed by atoms with Crippen LogP contribution in [0.2, 0.25) is 0 Å². The van der Waals surface area contributed by atoms with Gasteiger partial charge in [0.05, 0.1) is 16.6 Å². The number of rotatable bonds is 7. The fraction of sp³-hybridized carbons (Fsp3) is 0. The smallest absolute Gasteiger partial charge is 0.137 e. The Bertz CT molecular complexity index is 3900. The van der Waals surface area contributed by atoms with E-state index in [2.05, 4.69) is 240 Å². The molecular formula is C62H40N2O. The number of pyridine rings is 1. The summed E-state index contributed by atoms with van der Waals surface area (Å²) in [6.07, 6.45) is 0. The molecule has 65 heavy (non-hydrogen) atoms. The molecule has 0 atom stereocenters. The van der Waals surface area contributed by atoms with Gasteiger partial charge in [0.25, 0.3) is 0 Å². The van der Waals surface area contributed by atoms with Gasteiger partial charge in [0.2, 0.25) is 0 Å². The van der Waals surface area contributed by atoms with Crippen molar-refractivity contribution >= 4 is 77.1 Å². The van der Waals surface area contributed by atoms with Crippen molar-refractivity contribution in [1.29, 1.82) is 0 Å². The fourth-order valence-corrected chi connectivity index (χ4v) is 10.1. The van der Waals surface area contributed by atoms with Gasteiger partial charge in [-0.15, -0.1) is 0 Å². The molecule has 0 spiro atoms. The lowest BCUT2D eigenvalue weighted by Crippen LogP contribution is -2.09. The molecule has 0 saturated heterocycles. The van der Waals surface area contributed by atoms with Crippen molar-refractivity contribution in [2.45, 2.75) is 0 Å². The van der Waals surface area contributed by atoms with Crippen LogP contribution in [0.1, 0.15) is 0 Å². The van der Waals surface area contributed by atoms with Gasteiger partial charge < -0.3 is 13.7 Å². The lowest BCUT2D eigenvalue weighted by atomic mass is 9.95. The van der Waals surface area contributed by atoms with Crippen molar-refractivity contribution in [3.63, 3.8) is 0 Å². The van der Waals surface area contributed by atoms with E-state index in [1.54, 1.807) is 0 Å². The monoisotopic (exact) mass is 828 g/mol. The number of hydrogen-bond donors (Lipinski definition) is 0. The minimum atomic E-state index is 0.865. The number of anilines is 3. The number of nitrogens with zero attached hydrogens (tertiary/aromatic N) is 2. The summed E-state index contributed by atoms with van der Waals surface area (Å²) in [5, 5.41) is 7.20. The highest BCUT2D eigenvalue weighted by Gasteiger charge is 2.20. The van der Waals surface area contributed by atoms with E-state index >= 15 is 0 Å². The van der Waals surface area contributed by atoms with E-state index in [-0.39, 0.29) is 0 Å². The minimum Gasteiger partial charge on any atom is -0.456 e. The molecule has 0 aliphatic carbocycles. The van der Waals surface area contributed by atoms with Crippen LogP contribution in [-0.2, 0) is 0 Å². The molecule has 0 N–H and O–H groups in total. The van der Waals surface area contributed by atoms with Gasteiger partial charge in [0.15, 0.2) is 0 Å². The maximum atomic E-state index is 6.42. The van der Waals surface area contributed by atoms with E-state index in [4.69, 9.17) is 4.42 Å². The summed E-state index contributed by atoms with van der Waals surface area (Å²) in [7, 11) is 0. The molecule has 0 bridgehead atoms. The summed E-state index contributed by atoms with van der Waals surface area (Å²) in [6.45, 7) is 0. The number of para-hydroxylation sites is 3. The highest BCUT2D eigenvalue weighted by atomic mass is 16.3. The number of benzene rings is 10. The molecule has 13 aromatic rings. The average Bonchev–Trinajstić information content (AvgIpc) is 3.94. The van der Waals surface area contributed by atoms with Crippen molar-refractivity contribution in [3.8, 4) is 44.5 Å². The van der Waals surface area contributed by atoms with Gasteiger partial charge in [-0.05, 0) is 105 Å². The third-order valence-corrected chi connectivity index (χ3v) is 13.2. The van der Waals surface area contributed by atoms with Crippen LogP contribution >= 0.6 is 0 Å². The van der Waals surface area contributed by atoms with Crippen molar-refractivity contribution in [1.82, 2.24) is 4.40 Å². The molecule has 3 nitrogen and oxygen atoms in total. The second kappa shape index (κ2) is 15.0. The van der Waals surface area contributed by atoms with Gasteiger partial charge in [-0.25, -0.2) is 0 Å². The Morgan fingerprint density at radius 1 is 0.277 bits per heavy atom. The van der Waals surface area contributed by atoms with E-state index in [1.165, 1.54) is 77.0 Å². The number of hydrogen-bond acceptors (Lipinski definition) is 2. The third kappa shape index (κ3) is 6.12. The molecule has 0 saturated carbocycles. The molecule has 0 unspecified atom stereocenters. The summed E-state index contributed by atoms with van der Waals surface area (Å²) < 4.78 is 8.89. The summed E-state index contributed by atoms with van der Waals surface area (Å²) in [4.78, 5) is 2.33. The minimum absolute atomic E-state index is 0.865. The van der Waals surface area contributed by atoms with Crippen LogP contribution in [0, 0.1) is 0 Å². The van der Waals surface area contributed by atoms with E-state index in [0.717, 1.165) is 44.6 Å². The molecule has 10 aromatic carbocycles. The average molecular weight is 829 g/mol. The van der Waals surface area contributed by atoms with Crippen LogP contribution in [-0.4, -0.2) is 4.40 Å². The lowest BCUT2D eigenvalue weighted by molar-refractivity contribution is 0.669. The zero-order valence-corrected chi connectivity index (χ0v) is 35.4. The molecule has 3 heteroatoms. The maximum absolute atomic E-state index is 6.42. The topological polar surface area (TPSA) is 20.8 Å². The normalized spacial score (nSPS) is 11.7. The quantitative estimate of drug-likeness (QED) is 0.149. The van der Waals surface area contributed by atoms with Crippen molar-refractivity contribution < 1.29 is 4.42 Å². The van der Waals surface area contributed by atoms with Gasteiger partial charge in [0.1, 0.15) is 11.2 Å². The molecule has 0 fully saturated rings. The second-order valence-corrected chi connectivity index (χ2v) is 16.9. The van der Waals surface area contributed by atoms with E-state index in [0.29, 0.717) is 0 Å². The summed E-state index contributed by atoms with van der Waals surface area (Å²) >= 11 is 0. The van der Waals surface area contributed by atoms with Gasteiger partial charge in [-0.1, -0.05) is 176 Å². The SMILES string of the molecule is c1ccc(-c2ccc(-c3ccc(N(c4ccc(-c5ccc6c(c5)c5ccccc5n5c7ccccc7c(-c7ccccc7)c65)cc4)c4ccc5c(c4)oc4ccccc45)cc3)cc2)cc1. The van der Waals surface area contributed by atoms with Crippen LogP contribution in [0.15, 0.2) is 247 Å². The highest BCUT2D eigenvalue weighted by Crippen LogP contribution is 2.44. The molecular weight excluding hydrogens is 789 g/mol. The van der Waals surface area contributed by atoms with Crippen LogP contribution in [0.5, 0.6) is 0 Å². The number of fused-ring (bicyclic) bond motifs is 11. The third-order valence-electron chi connectivity index (χ3n) is 13.2. The molecule has 0 aliphatic heterocycles. The maximum Gasteiger partial charge on any atom is 0.137 e. The van der Waals surface area contributed by atoms with Gasteiger partial charge in [0, 0.05) is 55.6 Å². The molecule has 13 rings (SSSR count). The molecule has 0 aliphatic rings. The summed E-state index contributed by atoms with van der Waals surface area (Å²) in [5.74, 6) is 0. The molecule has 0 amide bonds. The predicted molar refractivity (Wildman–Crippen MR) is 274 cm³/mol. The summed E-state index contributed by atoms with van der Waals surface area (Å²) in [5.41, 5.74) is 18.2. The molecule has 304 valence electrons. The Hall–Kier alpha value is -8.66. The first-order valence-electron chi connectivity index (χ1n) is 22.2. The second-order valence-electron chi connectivity index (χ2n) is 16.9. The van der Waals surface area contributed by atoms with Crippen molar-refractivity contribution in [2.24, 2.45) is 0 Å². The van der Waals surface area contributed by atoms with Crippen molar-refractivity contribution in [2.75, 3.05) is 4.90 Å². The van der Waals surface area contributed by atoms with E-state index < -0.39 is 0 Å².